The van der Waals surface area contributed by atoms with Crippen molar-refractivity contribution < 1.29 is 22.3 Å². The van der Waals surface area contributed by atoms with Crippen LogP contribution in [0.1, 0.15) is 22.9 Å². The van der Waals surface area contributed by atoms with Crippen LogP contribution >= 0.6 is 12.2 Å². The Hall–Kier alpha value is -3.43. The molecule has 0 saturated carbocycles. The van der Waals surface area contributed by atoms with Gasteiger partial charge in [-0.25, -0.2) is 12.8 Å². The van der Waals surface area contributed by atoms with Gasteiger partial charge < -0.3 is 19.4 Å². The van der Waals surface area contributed by atoms with Crippen molar-refractivity contribution >= 4 is 38.1 Å². The molecule has 5 rings (SSSR count). The van der Waals surface area contributed by atoms with Gasteiger partial charge in [-0.1, -0.05) is 12.1 Å². The molecule has 1 aliphatic heterocycles. The van der Waals surface area contributed by atoms with E-state index in [2.05, 4.69) is 4.98 Å². The fourth-order valence-electron chi connectivity index (χ4n) is 4.49. The molecule has 0 bridgehead atoms. The first kappa shape index (κ1) is 23.3. The summed E-state index contributed by atoms with van der Waals surface area (Å²) in [5.74, 6) is 0.828. The van der Waals surface area contributed by atoms with E-state index in [1.165, 1.54) is 30.5 Å². The molecule has 180 valence electrons. The second-order valence-corrected chi connectivity index (χ2v) is 10.8. The zero-order valence-corrected chi connectivity index (χ0v) is 20.8. The van der Waals surface area contributed by atoms with Crippen molar-refractivity contribution in [2.24, 2.45) is 0 Å². The fourth-order valence-corrected chi connectivity index (χ4v) is 5.43. The van der Waals surface area contributed by atoms with Crippen LogP contribution in [0, 0.1) is 5.82 Å². The first-order valence-corrected chi connectivity index (χ1v) is 13.3. The summed E-state index contributed by atoms with van der Waals surface area (Å²) < 4.78 is 48.9. The molecule has 0 radical (unpaired) electrons. The lowest BCUT2D eigenvalue weighted by Crippen LogP contribution is -2.42. The Morgan fingerprint density at radius 1 is 1.06 bits per heavy atom. The average Bonchev–Trinajstić information content (AvgIpc) is 3.22. The Labute approximate surface area is 208 Å². The average molecular weight is 511 g/mol. The number of benzene rings is 3. The van der Waals surface area contributed by atoms with Crippen LogP contribution in [0.3, 0.4) is 0 Å². The highest BCUT2D eigenvalue weighted by atomic mass is 32.2. The summed E-state index contributed by atoms with van der Waals surface area (Å²) >= 11 is 5.69. The minimum atomic E-state index is -3.34. The third kappa shape index (κ3) is 4.49. The van der Waals surface area contributed by atoms with Gasteiger partial charge in [0.1, 0.15) is 17.3 Å². The smallest absolute Gasteiger partial charge is 0.265 e. The summed E-state index contributed by atoms with van der Waals surface area (Å²) in [7, 11) is -1.73. The van der Waals surface area contributed by atoms with Crippen molar-refractivity contribution in [3.63, 3.8) is 0 Å². The van der Waals surface area contributed by atoms with E-state index in [9.17, 15) is 12.8 Å². The SMILES string of the molecule is COc1ccc(C2c3[nH]c4ccc(S(C)(=O)=O)cc4c3CCN2C(=S)Oc2ccc(F)cc2)cc1. The van der Waals surface area contributed by atoms with Gasteiger partial charge in [-0.15, -0.1) is 0 Å². The first-order valence-electron chi connectivity index (χ1n) is 11.0. The molecule has 3 aromatic carbocycles. The number of rotatable bonds is 4. The maximum atomic E-state index is 13.3. The van der Waals surface area contributed by atoms with Crippen LogP contribution in [0.25, 0.3) is 10.9 Å². The molecule has 0 saturated heterocycles. The maximum absolute atomic E-state index is 13.3. The molecule has 9 heteroatoms. The summed E-state index contributed by atoms with van der Waals surface area (Å²) in [6.07, 6.45) is 1.85. The van der Waals surface area contributed by atoms with Crippen molar-refractivity contribution in [2.75, 3.05) is 19.9 Å². The van der Waals surface area contributed by atoms with Crippen molar-refractivity contribution in [3.05, 3.63) is 89.4 Å². The fraction of sp³-hybridized carbons (Fsp3) is 0.192. The lowest BCUT2D eigenvalue weighted by atomic mass is 9.93. The van der Waals surface area contributed by atoms with Gasteiger partial charge in [-0.2, -0.15) is 0 Å². The molecule has 1 unspecified atom stereocenters. The molecule has 0 aliphatic carbocycles. The molecule has 6 nitrogen and oxygen atoms in total. The van der Waals surface area contributed by atoms with E-state index < -0.39 is 9.84 Å². The van der Waals surface area contributed by atoms with E-state index in [0.29, 0.717) is 18.7 Å². The van der Waals surface area contributed by atoms with E-state index in [0.717, 1.165) is 33.5 Å². The molecule has 1 N–H and O–H groups in total. The summed E-state index contributed by atoms with van der Waals surface area (Å²) in [6, 6.07) is 18.3. The minimum Gasteiger partial charge on any atom is -0.497 e. The largest absolute Gasteiger partial charge is 0.497 e. The van der Waals surface area contributed by atoms with Gasteiger partial charge in [0.25, 0.3) is 5.17 Å². The molecule has 0 fully saturated rings. The number of methoxy groups -OCH3 is 1. The molecule has 1 aromatic heterocycles. The molecule has 1 aliphatic rings. The van der Waals surface area contributed by atoms with Crippen molar-refractivity contribution in [1.82, 2.24) is 9.88 Å². The number of fused-ring (bicyclic) bond motifs is 3. The molecule has 0 amide bonds. The lowest BCUT2D eigenvalue weighted by molar-refractivity contribution is 0.289. The normalized spacial score (nSPS) is 15.6. The zero-order valence-electron chi connectivity index (χ0n) is 19.1. The topological polar surface area (TPSA) is 71.6 Å². The number of nitrogens with zero attached hydrogens (tertiary/aromatic N) is 1. The number of ether oxygens (including phenoxy) is 2. The van der Waals surface area contributed by atoms with Gasteiger partial charge in [-0.05, 0) is 84.4 Å². The number of aromatic amines is 1. The molecule has 2 heterocycles. The summed E-state index contributed by atoms with van der Waals surface area (Å²) in [4.78, 5) is 5.76. The molecule has 4 aromatic rings. The molecule has 1 atom stereocenters. The van der Waals surface area contributed by atoms with Crippen molar-refractivity contribution in [3.8, 4) is 11.5 Å². The first-order chi connectivity index (χ1) is 16.7. The van der Waals surface area contributed by atoms with Crippen LogP contribution in [0.4, 0.5) is 4.39 Å². The Kier molecular flexibility index (Phi) is 5.98. The number of nitrogens with one attached hydrogen (secondary N) is 1. The third-order valence-electron chi connectivity index (χ3n) is 6.21. The molecule has 35 heavy (non-hydrogen) atoms. The van der Waals surface area contributed by atoms with Crippen LogP contribution in [-0.4, -0.2) is 43.4 Å². The number of H-pyrrole nitrogens is 1. The van der Waals surface area contributed by atoms with Crippen LogP contribution in [0.15, 0.2) is 71.6 Å². The van der Waals surface area contributed by atoms with Crippen LogP contribution < -0.4 is 9.47 Å². The number of halogens is 1. The molecular formula is C26H23FN2O4S2. The Morgan fingerprint density at radius 3 is 2.40 bits per heavy atom. The van der Waals surface area contributed by atoms with Gasteiger partial charge in [0.2, 0.25) is 0 Å². The summed E-state index contributed by atoms with van der Waals surface area (Å²) in [6.45, 7) is 0.555. The van der Waals surface area contributed by atoms with E-state index in [4.69, 9.17) is 21.7 Å². The number of hydrogen-bond donors (Lipinski definition) is 1. The molecule has 0 spiro atoms. The second kappa shape index (κ2) is 8.98. The highest BCUT2D eigenvalue weighted by Crippen LogP contribution is 2.40. The van der Waals surface area contributed by atoms with Crippen LogP contribution in [0.5, 0.6) is 11.5 Å². The number of thiocarbonyl (C=S) groups is 1. The molecular weight excluding hydrogens is 487 g/mol. The summed E-state index contributed by atoms with van der Waals surface area (Å²) in [5.41, 5.74) is 3.79. The second-order valence-electron chi connectivity index (χ2n) is 8.44. The van der Waals surface area contributed by atoms with E-state index in [1.54, 1.807) is 25.3 Å². The monoisotopic (exact) mass is 510 g/mol. The van der Waals surface area contributed by atoms with Gasteiger partial charge in [0.15, 0.2) is 9.84 Å². The van der Waals surface area contributed by atoms with E-state index >= 15 is 0 Å². The number of hydrogen-bond acceptors (Lipinski definition) is 5. The van der Waals surface area contributed by atoms with Gasteiger partial charge >= 0.3 is 0 Å². The standard InChI is InChI=1S/C26H23FN2O4S2/c1-32-18-7-3-16(4-8-18)25-24-21(22-15-20(35(2,30)31)11-12-23(22)28-24)13-14-29(25)26(34)33-19-9-5-17(27)6-10-19/h3-12,15,25,28H,13-14H2,1-2H3. The highest BCUT2D eigenvalue weighted by Gasteiger charge is 2.34. The number of aromatic nitrogens is 1. The quantitative estimate of drug-likeness (QED) is 0.388. The maximum Gasteiger partial charge on any atom is 0.265 e. The highest BCUT2D eigenvalue weighted by molar-refractivity contribution is 7.90. The van der Waals surface area contributed by atoms with Gasteiger partial charge in [0, 0.05) is 29.4 Å². The van der Waals surface area contributed by atoms with E-state index in [-0.39, 0.29) is 21.9 Å². The van der Waals surface area contributed by atoms with E-state index in [1.807, 2.05) is 29.2 Å². The predicted octanol–water partition coefficient (Wildman–Crippen LogP) is 5.03. The zero-order chi connectivity index (χ0) is 24.7. The van der Waals surface area contributed by atoms with Crippen molar-refractivity contribution in [1.29, 1.82) is 0 Å². The Bertz CT molecular complexity index is 1510. The minimum absolute atomic E-state index is 0.263. The predicted molar refractivity (Wildman–Crippen MR) is 136 cm³/mol. The Balaban J connectivity index is 1.60. The Morgan fingerprint density at radius 2 is 1.74 bits per heavy atom. The van der Waals surface area contributed by atoms with Crippen molar-refractivity contribution in [2.45, 2.75) is 17.4 Å². The third-order valence-corrected chi connectivity index (χ3v) is 7.64. The summed E-state index contributed by atoms with van der Waals surface area (Å²) in [5, 5.41) is 1.14. The van der Waals surface area contributed by atoms with Crippen LogP contribution in [-0.2, 0) is 16.3 Å². The van der Waals surface area contributed by atoms with Gasteiger partial charge in [-0.3, -0.25) is 0 Å². The van der Waals surface area contributed by atoms with Gasteiger partial charge in [0.05, 0.1) is 18.0 Å². The van der Waals surface area contributed by atoms with Crippen LogP contribution in [0.2, 0.25) is 0 Å². The lowest BCUT2D eigenvalue weighted by Gasteiger charge is -2.37. The number of sulfone groups is 1.